The number of nitrogens with zero attached hydrogens (tertiary/aromatic N) is 2. The van der Waals surface area contributed by atoms with Crippen LogP contribution in [0.5, 0.6) is 0 Å². The summed E-state index contributed by atoms with van der Waals surface area (Å²) in [5, 5.41) is 4.92. The van der Waals surface area contributed by atoms with E-state index in [0.717, 1.165) is 33.9 Å². The molecule has 0 N–H and O–H groups in total. The lowest BCUT2D eigenvalue weighted by atomic mass is 9.80. The molecule has 0 unspecified atom stereocenters. The van der Waals surface area contributed by atoms with Crippen LogP contribution in [0.2, 0.25) is 0 Å². The Morgan fingerprint density at radius 3 is 1.85 bits per heavy atom. The molecule has 0 spiro atoms. The summed E-state index contributed by atoms with van der Waals surface area (Å²) in [6, 6.07) is 56.4. The van der Waals surface area contributed by atoms with E-state index in [2.05, 4.69) is 166 Å². The number of hydrogen-bond donors (Lipinski definition) is 0. The third-order valence-electron chi connectivity index (χ3n) is 9.89. The van der Waals surface area contributed by atoms with Crippen LogP contribution in [-0.4, -0.2) is 9.97 Å². The van der Waals surface area contributed by atoms with Gasteiger partial charge in [0.2, 0.25) is 0 Å². The fourth-order valence-corrected chi connectivity index (χ4v) is 7.52. The molecule has 0 saturated carbocycles. The van der Waals surface area contributed by atoms with E-state index < -0.39 is 0 Å². The molecule has 0 aliphatic heterocycles. The number of hydrogen-bond acceptors (Lipinski definition) is 2. The normalized spacial score (nSPS) is 13.1. The Bertz CT molecular complexity index is 2470. The third kappa shape index (κ3) is 4.40. The zero-order valence-corrected chi connectivity index (χ0v) is 26.4. The fourth-order valence-electron chi connectivity index (χ4n) is 7.52. The molecule has 1 aliphatic rings. The largest absolute Gasteiger partial charge is 0.228 e. The van der Waals surface area contributed by atoms with Crippen molar-refractivity contribution in [3.8, 4) is 56.2 Å². The van der Waals surface area contributed by atoms with E-state index >= 15 is 0 Å². The highest BCUT2D eigenvalue weighted by Gasteiger charge is 2.37. The first-order valence-corrected chi connectivity index (χ1v) is 16.3. The number of fused-ring (bicyclic) bond motifs is 5. The van der Waals surface area contributed by atoms with E-state index in [0.29, 0.717) is 0 Å². The van der Waals surface area contributed by atoms with Crippen LogP contribution in [0.25, 0.3) is 77.7 Å². The predicted molar refractivity (Wildman–Crippen MR) is 196 cm³/mol. The van der Waals surface area contributed by atoms with Crippen molar-refractivity contribution in [1.82, 2.24) is 9.97 Å². The fraction of sp³-hybridized carbons (Fsp3) is 0.0667. The molecule has 222 valence electrons. The van der Waals surface area contributed by atoms with E-state index in [-0.39, 0.29) is 5.41 Å². The molecule has 9 rings (SSSR count). The molecule has 1 heterocycles. The Hall–Kier alpha value is -5.86. The molecule has 0 atom stereocenters. The van der Waals surface area contributed by atoms with Crippen LogP contribution in [0.3, 0.4) is 0 Å². The minimum atomic E-state index is -0.0750. The van der Waals surface area contributed by atoms with E-state index in [1.54, 1.807) is 0 Å². The summed E-state index contributed by atoms with van der Waals surface area (Å²) in [6.45, 7) is 4.70. The molecule has 2 heteroatoms. The Labute approximate surface area is 275 Å². The van der Waals surface area contributed by atoms with Gasteiger partial charge in [0.05, 0.1) is 11.4 Å². The minimum absolute atomic E-state index is 0.0750. The van der Waals surface area contributed by atoms with Gasteiger partial charge in [0.15, 0.2) is 5.82 Å². The predicted octanol–water partition coefficient (Wildman–Crippen LogP) is 11.8. The highest BCUT2D eigenvalue weighted by Crippen LogP contribution is 2.54. The maximum absolute atomic E-state index is 5.20. The SMILES string of the molecule is CC1(C)c2ccccc2-c2c1cc1ccccc1c2-c1ccc(-c2nc(-c3ccccc3)cc(-c3cccc4ccccc34)n2)cc1. The third-order valence-corrected chi connectivity index (χ3v) is 9.89. The van der Waals surface area contributed by atoms with Crippen molar-refractivity contribution in [2.45, 2.75) is 19.3 Å². The molecule has 2 nitrogen and oxygen atoms in total. The van der Waals surface area contributed by atoms with Crippen LogP contribution in [0.15, 0.2) is 158 Å². The van der Waals surface area contributed by atoms with Crippen LogP contribution in [0, 0.1) is 0 Å². The van der Waals surface area contributed by atoms with E-state index in [1.165, 1.54) is 54.9 Å². The molecule has 47 heavy (non-hydrogen) atoms. The van der Waals surface area contributed by atoms with Gasteiger partial charge in [-0.2, -0.15) is 0 Å². The molecular formula is C45H32N2. The van der Waals surface area contributed by atoms with Crippen molar-refractivity contribution < 1.29 is 0 Å². The van der Waals surface area contributed by atoms with Crippen LogP contribution in [-0.2, 0) is 5.41 Å². The molecule has 7 aromatic carbocycles. The van der Waals surface area contributed by atoms with Gasteiger partial charge in [0.1, 0.15) is 0 Å². The van der Waals surface area contributed by atoms with Crippen LogP contribution in [0.4, 0.5) is 0 Å². The standard InChI is InChI=1S/C45H32N2/c1-45(2)38-22-11-10-20-37(38)43-39(45)27-33-16-7-9-19-35(33)42(43)31-23-25-32(26-24-31)44-46-40(30-14-4-3-5-15-30)28-41(47-44)36-21-12-17-29-13-6-8-18-34(29)36/h3-28H,1-2H3. The minimum Gasteiger partial charge on any atom is -0.228 e. The van der Waals surface area contributed by atoms with Crippen LogP contribution >= 0.6 is 0 Å². The molecule has 0 bridgehead atoms. The van der Waals surface area contributed by atoms with Gasteiger partial charge in [-0.25, -0.2) is 9.97 Å². The molecule has 0 saturated heterocycles. The summed E-state index contributed by atoms with van der Waals surface area (Å²) >= 11 is 0. The number of benzene rings is 7. The summed E-state index contributed by atoms with van der Waals surface area (Å²) < 4.78 is 0. The Morgan fingerprint density at radius 2 is 1.02 bits per heavy atom. The summed E-state index contributed by atoms with van der Waals surface area (Å²) in [7, 11) is 0. The second-order valence-corrected chi connectivity index (χ2v) is 13.0. The van der Waals surface area contributed by atoms with Crippen molar-refractivity contribution in [3.63, 3.8) is 0 Å². The molecule has 0 radical (unpaired) electrons. The lowest BCUT2D eigenvalue weighted by molar-refractivity contribution is 0.661. The monoisotopic (exact) mass is 600 g/mol. The Balaban J connectivity index is 1.23. The quantitative estimate of drug-likeness (QED) is 0.201. The number of rotatable bonds is 4. The summed E-state index contributed by atoms with van der Waals surface area (Å²) in [6.07, 6.45) is 0. The van der Waals surface area contributed by atoms with E-state index in [9.17, 15) is 0 Å². The Kier molecular flexibility index (Phi) is 6.20. The molecule has 1 aliphatic carbocycles. The summed E-state index contributed by atoms with van der Waals surface area (Å²) in [5.41, 5.74) is 12.9. The second kappa shape index (κ2) is 10.6. The first-order valence-electron chi connectivity index (χ1n) is 16.3. The maximum atomic E-state index is 5.20. The highest BCUT2D eigenvalue weighted by atomic mass is 14.9. The van der Waals surface area contributed by atoms with Gasteiger partial charge in [0, 0.05) is 22.1 Å². The topological polar surface area (TPSA) is 25.8 Å². The lowest BCUT2D eigenvalue weighted by Gasteiger charge is -2.23. The van der Waals surface area contributed by atoms with Gasteiger partial charge in [-0.05, 0) is 67.1 Å². The van der Waals surface area contributed by atoms with Gasteiger partial charge in [-0.3, -0.25) is 0 Å². The van der Waals surface area contributed by atoms with Gasteiger partial charge < -0.3 is 0 Å². The van der Waals surface area contributed by atoms with Crippen molar-refractivity contribution in [1.29, 1.82) is 0 Å². The second-order valence-electron chi connectivity index (χ2n) is 13.0. The average Bonchev–Trinajstić information content (AvgIpc) is 3.36. The smallest absolute Gasteiger partial charge is 0.160 e. The summed E-state index contributed by atoms with van der Waals surface area (Å²) in [4.78, 5) is 10.3. The number of aromatic nitrogens is 2. The van der Waals surface area contributed by atoms with Crippen molar-refractivity contribution in [2.75, 3.05) is 0 Å². The zero-order valence-electron chi connectivity index (χ0n) is 26.4. The van der Waals surface area contributed by atoms with Crippen LogP contribution in [0.1, 0.15) is 25.0 Å². The van der Waals surface area contributed by atoms with Crippen molar-refractivity contribution >= 4 is 21.5 Å². The maximum Gasteiger partial charge on any atom is 0.160 e. The van der Waals surface area contributed by atoms with E-state index in [4.69, 9.17) is 9.97 Å². The zero-order chi connectivity index (χ0) is 31.5. The molecular weight excluding hydrogens is 569 g/mol. The summed E-state index contributed by atoms with van der Waals surface area (Å²) in [5.74, 6) is 0.718. The molecule has 0 fully saturated rings. The molecule has 8 aromatic rings. The molecule has 0 amide bonds. The lowest BCUT2D eigenvalue weighted by Crippen LogP contribution is -2.14. The van der Waals surface area contributed by atoms with Gasteiger partial charge >= 0.3 is 0 Å². The van der Waals surface area contributed by atoms with Gasteiger partial charge in [-0.15, -0.1) is 0 Å². The first-order chi connectivity index (χ1) is 23.1. The Morgan fingerprint density at radius 1 is 0.404 bits per heavy atom. The van der Waals surface area contributed by atoms with E-state index in [1.807, 2.05) is 6.07 Å². The van der Waals surface area contributed by atoms with Gasteiger partial charge in [0.25, 0.3) is 0 Å². The van der Waals surface area contributed by atoms with Crippen molar-refractivity contribution in [3.05, 3.63) is 169 Å². The van der Waals surface area contributed by atoms with Crippen LogP contribution < -0.4 is 0 Å². The first kappa shape index (κ1) is 27.5. The average molecular weight is 601 g/mol. The van der Waals surface area contributed by atoms with Crippen molar-refractivity contribution in [2.24, 2.45) is 0 Å². The van der Waals surface area contributed by atoms with Gasteiger partial charge in [-0.1, -0.05) is 159 Å². The molecule has 1 aromatic heterocycles. The highest BCUT2D eigenvalue weighted by molar-refractivity contribution is 6.08.